The highest BCUT2D eigenvalue weighted by atomic mass is 32.2. The number of anilines is 1. The molecule has 1 spiro atoms. The van der Waals surface area contributed by atoms with Gasteiger partial charge in [0.2, 0.25) is 15.9 Å². The third-order valence-corrected chi connectivity index (χ3v) is 7.65. The van der Waals surface area contributed by atoms with Gasteiger partial charge in [-0.25, -0.2) is 13.1 Å². The smallest absolute Gasteiger partial charge is 0.241 e. The van der Waals surface area contributed by atoms with Crippen LogP contribution in [0.3, 0.4) is 0 Å². The third kappa shape index (κ3) is 4.60. The fourth-order valence-corrected chi connectivity index (χ4v) is 5.69. The Morgan fingerprint density at radius 3 is 2.59 bits per heavy atom. The number of hydrogen-bond donors (Lipinski definition) is 2. The number of ether oxygens (including phenoxy) is 2. The largest absolute Gasteiger partial charge is 0.495 e. The van der Waals surface area contributed by atoms with Gasteiger partial charge in [0.15, 0.2) is 0 Å². The molecule has 1 atom stereocenters. The molecule has 1 saturated heterocycles. The number of carbonyl (C=O) groups is 1. The summed E-state index contributed by atoms with van der Waals surface area (Å²) < 4.78 is 41.3. The summed E-state index contributed by atoms with van der Waals surface area (Å²) in [5.74, 6) is 0.805. The van der Waals surface area contributed by atoms with Crippen LogP contribution in [0.4, 0.5) is 5.69 Å². The zero-order valence-electron chi connectivity index (χ0n) is 18.6. The maximum Gasteiger partial charge on any atom is 0.241 e. The molecule has 2 aliphatic heterocycles. The van der Waals surface area contributed by atoms with Crippen LogP contribution in [0.5, 0.6) is 11.5 Å². The molecular weight excluding hydrogens is 430 g/mol. The summed E-state index contributed by atoms with van der Waals surface area (Å²) in [6.07, 6.45) is 2.24. The first kappa shape index (κ1) is 22.6. The van der Waals surface area contributed by atoms with Gasteiger partial charge in [0.1, 0.15) is 17.1 Å². The second-order valence-electron chi connectivity index (χ2n) is 8.55. The van der Waals surface area contributed by atoms with Crippen molar-refractivity contribution in [1.29, 1.82) is 0 Å². The summed E-state index contributed by atoms with van der Waals surface area (Å²) in [6, 6.07) is 11.6. The van der Waals surface area contributed by atoms with Crippen LogP contribution in [-0.4, -0.2) is 52.1 Å². The Balaban J connectivity index is 1.65. The number of piperidine rings is 1. The predicted molar refractivity (Wildman–Crippen MR) is 122 cm³/mol. The van der Waals surface area contributed by atoms with E-state index in [1.54, 1.807) is 0 Å². The van der Waals surface area contributed by atoms with Crippen LogP contribution >= 0.6 is 0 Å². The Labute approximate surface area is 189 Å². The van der Waals surface area contributed by atoms with Crippen molar-refractivity contribution in [3.63, 3.8) is 0 Å². The molecule has 2 N–H and O–H groups in total. The van der Waals surface area contributed by atoms with E-state index in [2.05, 4.69) is 22.0 Å². The molecule has 0 unspecified atom stereocenters. The normalized spacial score (nSPS) is 20.3. The number of nitrogens with zero attached hydrogens (tertiary/aromatic N) is 1. The highest BCUT2D eigenvalue weighted by molar-refractivity contribution is 7.89. The molecule has 0 saturated carbocycles. The van der Waals surface area contributed by atoms with Crippen LogP contribution in [0.1, 0.15) is 37.8 Å². The van der Waals surface area contributed by atoms with E-state index in [0.29, 0.717) is 17.9 Å². The SMILES string of the molecule is COc1ccc(S(=O)(=O)N[C@@H]2CC3(CCN(C)CC3)Oc3ccccc32)cc1NC(C)=O. The van der Waals surface area contributed by atoms with Crippen molar-refractivity contribution >= 4 is 21.6 Å². The average Bonchev–Trinajstić information content (AvgIpc) is 2.75. The van der Waals surface area contributed by atoms with Gasteiger partial charge < -0.3 is 19.7 Å². The lowest BCUT2D eigenvalue weighted by molar-refractivity contribution is -0.114. The van der Waals surface area contributed by atoms with E-state index in [4.69, 9.17) is 9.47 Å². The summed E-state index contributed by atoms with van der Waals surface area (Å²) in [5.41, 5.74) is 0.744. The molecule has 2 aromatic carbocycles. The van der Waals surface area contributed by atoms with Gasteiger partial charge in [0.25, 0.3) is 0 Å². The van der Waals surface area contributed by atoms with Gasteiger partial charge in [0, 0.05) is 32.0 Å². The minimum absolute atomic E-state index is 0.0588. The maximum absolute atomic E-state index is 13.4. The van der Waals surface area contributed by atoms with Crippen molar-refractivity contribution in [1.82, 2.24) is 9.62 Å². The zero-order valence-corrected chi connectivity index (χ0v) is 19.4. The van der Waals surface area contributed by atoms with Crippen LogP contribution in [-0.2, 0) is 14.8 Å². The number of benzene rings is 2. The Hall–Kier alpha value is -2.62. The molecule has 0 radical (unpaired) electrons. The monoisotopic (exact) mass is 459 g/mol. The molecule has 0 aromatic heterocycles. The lowest BCUT2D eigenvalue weighted by Gasteiger charge is -2.46. The standard InChI is InChI=1S/C23H29N3O5S/c1-16(27)24-19-14-17(8-9-22(19)30-3)32(28,29)25-20-15-23(10-12-26(2)13-11-23)31-21-7-5-4-6-18(20)21/h4-9,14,20,25H,10-13,15H2,1-3H3,(H,24,27)/t20-/m1/s1. The molecule has 2 aliphatic rings. The molecule has 32 heavy (non-hydrogen) atoms. The molecule has 8 nitrogen and oxygen atoms in total. The summed E-state index contributed by atoms with van der Waals surface area (Å²) >= 11 is 0. The highest BCUT2D eigenvalue weighted by Gasteiger charge is 2.43. The van der Waals surface area contributed by atoms with Gasteiger partial charge in [-0.1, -0.05) is 18.2 Å². The minimum atomic E-state index is -3.87. The number of amides is 1. The van der Waals surface area contributed by atoms with E-state index in [-0.39, 0.29) is 10.8 Å². The van der Waals surface area contributed by atoms with Crippen LogP contribution in [0.2, 0.25) is 0 Å². The molecule has 0 bridgehead atoms. The number of fused-ring (bicyclic) bond motifs is 1. The van der Waals surface area contributed by atoms with E-state index < -0.39 is 21.7 Å². The molecule has 2 heterocycles. The Bertz CT molecular complexity index is 1110. The summed E-state index contributed by atoms with van der Waals surface area (Å²) in [5, 5.41) is 2.63. The number of carbonyl (C=O) groups excluding carboxylic acids is 1. The third-order valence-electron chi connectivity index (χ3n) is 6.18. The lowest BCUT2D eigenvalue weighted by Crippen LogP contribution is -2.51. The van der Waals surface area contributed by atoms with E-state index in [0.717, 1.165) is 37.2 Å². The molecule has 0 aliphatic carbocycles. The number of methoxy groups -OCH3 is 1. The van der Waals surface area contributed by atoms with E-state index in [1.807, 2.05) is 24.3 Å². The molecule has 9 heteroatoms. The van der Waals surface area contributed by atoms with Gasteiger partial charge in [-0.2, -0.15) is 0 Å². The molecule has 2 aromatic rings. The van der Waals surface area contributed by atoms with Crippen molar-refractivity contribution < 1.29 is 22.7 Å². The summed E-state index contributed by atoms with van der Waals surface area (Å²) in [7, 11) is -0.326. The Kier molecular flexibility index (Phi) is 6.15. The van der Waals surface area contributed by atoms with Gasteiger partial charge in [0.05, 0.1) is 23.7 Å². The van der Waals surface area contributed by atoms with Crippen molar-refractivity contribution in [2.45, 2.75) is 42.7 Å². The van der Waals surface area contributed by atoms with Gasteiger partial charge in [-0.3, -0.25) is 4.79 Å². The molecule has 172 valence electrons. The number of hydrogen-bond acceptors (Lipinski definition) is 6. The van der Waals surface area contributed by atoms with Crippen molar-refractivity contribution in [2.24, 2.45) is 0 Å². The number of likely N-dealkylation sites (tertiary alicyclic amines) is 1. The van der Waals surface area contributed by atoms with Crippen LogP contribution < -0.4 is 19.5 Å². The van der Waals surface area contributed by atoms with Crippen molar-refractivity contribution in [2.75, 3.05) is 32.6 Å². The number of para-hydroxylation sites is 1. The zero-order chi connectivity index (χ0) is 22.9. The summed E-state index contributed by atoms with van der Waals surface area (Å²) in [4.78, 5) is 13.9. The van der Waals surface area contributed by atoms with Crippen LogP contribution in [0, 0.1) is 0 Å². The number of nitrogens with one attached hydrogen (secondary N) is 2. The van der Waals surface area contributed by atoms with Crippen LogP contribution in [0.25, 0.3) is 0 Å². The summed E-state index contributed by atoms with van der Waals surface area (Å²) in [6.45, 7) is 3.17. The van der Waals surface area contributed by atoms with Gasteiger partial charge in [-0.05, 0) is 44.2 Å². The maximum atomic E-state index is 13.4. The molecule has 1 amide bonds. The average molecular weight is 460 g/mol. The number of rotatable bonds is 5. The topological polar surface area (TPSA) is 97.0 Å². The Morgan fingerprint density at radius 2 is 1.91 bits per heavy atom. The fourth-order valence-electron chi connectivity index (χ4n) is 4.45. The second-order valence-corrected chi connectivity index (χ2v) is 10.3. The quantitative estimate of drug-likeness (QED) is 0.714. The fraction of sp³-hybridized carbons (Fsp3) is 0.435. The van der Waals surface area contributed by atoms with Crippen LogP contribution in [0.15, 0.2) is 47.4 Å². The number of sulfonamides is 1. The molecular formula is C23H29N3O5S. The molecule has 1 fully saturated rings. The Morgan fingerprint density at radius 1 is 1.19 bits per heavy atom. The first-order valence-electron chi connectivity index (χ1n) is 10.7. The highest BCUT2D eigenvalue weighted by Crippen LogP contribution is 2.44. The van der Waals surface area contributed by atoms with Gasteiger partial charge >= 0.3 is 0 Å². The second kappa shape index (κ2) is 8.73. The molecule has 4 rings (SSSR count). The lowest BCUT2D eigenvalue weighted by atomic mass is 9.81. The predicted octanol–water partition coefficient (Wildman–Crippen LogP) is 2.92. The first-order chi connectivity index (χ1) is 15.2. The van der Waals surface area contributed by atoms with Crippen molar-refractivity contribution in [3.05, 3.63) is 48.0 Å². The van der Waals surface area contributed by atoms with Crippen molar-refractivity contribution in [3.8, 4) is 11.5 Å². The van der Waals surface area contributed by atoms with E-state index in [1.165, 1.54) is 32.2 Å². The van der Waals surface area contributed by atoms with E-state index >= 15 is 0 Å². The van der Waals surface area contributed by atoms with Gasteiger partial charge in [-0.15, -0.1) is 0 Å². The minimum Gasteiger partial charge on any atom is -0.495 e. The van der Waals surface area contributed by atoms with E-state index in [9.17, 15) is 13.2 Å². The first-order valence-corrected chi connectivity index (χ1v) is 12.1.